The number of amides is 1. The number of rotatable bonds is 4. The van der Waals surface area contributed by atoms with Gasteiger partial charge in [-0.1, -0.05) is 13.8 Å². The molecule has 0 aliphatic heterocycles. The van der Waals surface area contributed by atoms with Gasteiger partial charge < -0.3 is 0 Å². The molecule has 0 spiro atoms. The Balaban J connectivity index is 3.42. The van der Waals surface area contributed by atoms with Crippen molar-refractivity contribution in [3.63, 3.8) is 0 Å². The van der Waals surface area contributed by atoms with Crippen LogP contribution in [-0.4, -0.2) is 12.5 Å². The molecule has 0 aliphatic rings. The van der Waals surface area contributed by atoms with Crippen LogP contribution >= 0.6 is 0 Å². The van der Waals surface area contributed by atoms with Gasteiger partial charge in [0, 0.05) is 5.92 Å². The zero-order valence-corrected chi connectivity index (χ0v) is 6.81. The van der Waals surface area contributed by atoms with E-state index >= 15 is 0 Å². The molecule has 0 rings (SSSR count). The van der Waals surface area contributed by atoms with Gasteiger partial charge in [0.05, 0.1) is 6.61 Å². The molecule has 60 valence electrons. The van der Waals surface area contributed by atoms with Gasteiger partial charge >= 0.3 is 0 Å². The Morgan fingerprint density at radius 2 is 2.20 bits per heavy atom. The zero-order chi connectivity index (χ0) is 7.98. The second-order valence-corrected chi connectivity index (χ2v) is 2.21. The van der Waals surface area contributed by atoms with Crippen LogP contribution in [0.1, 0.15) is 27.2 Å². The van der Waals surface area contributed by atoms with Gasteiger partial charge in [0.1, 0.15) is 0 Å². The molecule has 0 heterocycles. The van der Waals surface area contributed by atoms with Crippen LogP contribution in [0.15, 0.2) is 0 Å². The lowest BCUT2D eigenvalue weighted by Crippen LogP contribution is -2.28. The van der Waals surface area contributed by atoms with Gasteiger partial charge in [-0.25, -0.2) is 5.48 Å². The van der Waals surface area contributed by atoms with E-state index in [0.29, 0.717) is 6.61 Å². The molecule has 0 saturated carbocycles. The molecule has 3 heteroatoms. The van der Waals surface area contributed by atoms with Crippen molar-refractivity contribution in [3.05, 3.63) is 0 Å². The van der Waals surface area contributed by atoms with Crippen molar-refractivity contribution in [1.29, 1.82) is 0 Å². The van der Waals surface area contributed by atoms with Crippen molar-refractivity contribution in [2.24, 2.45) is 5.92 Å². The fourth-order valence-electron chi connectivity index (χ4n) is 0.429. The molecule has 0 radical (unpaired) electrons. The van der Waals surface area contributed by atoms with Crippen molar-refractivity contribution in [2.75, 3.05) is 6.61 Å². The Labute approximate surface area is 61.7 Å². The lowest BCUT2D eigenvalue weighted by molar-refractivity contribution is -0.136. The SMILES string of the molecule is CCONC(=O)[C@@H](C)CC. The smallest absolute Gasteiger partial charge is 0.246 e. The lowest BCUT2D eigenvalue weighted by Gasteiger charge is -2.07. The van der Waals surface area contributed by atoms with Crippen LogP contribution in [0.2, 0.25) is 0 Å². The fourth-order valence-corrected chi connectivity index (χ4v) is 0.429. The molecule has 0 aliphatic carbocycles. The van der Waals surface area contributed by atoms with Gasteiger partial charge in [-0.05, 0) is 13.3 Å². The molecular formula is C7H15NO2. The molecule has 1 amide bonds. The molecule has 1 atom stereocenters. The Hall–Kier alpha value is -0.570. The minimum Gasteiger partial charge on any atom is -0.274 e. The molecule has 0 aromatic carbocycles. The molecule has 3 nitrogen and oxygen atoms in total. The van der Waals surface area contributed by atoms with Crippen LogP contribution in [0.25, 0.3) is 0 Å². The fraction of sp³-hybridized carbons (Fsp3) is 0.857. The summed E-state index contributed by atoms with van der Waals surface area (Å²) in [5, 5.41) is 0. The third-order valence-electron chi connectivity index (χ3n) is 1.38. The van der Waals surface area contributed by atoms with Crippen LogP contribution < -0.4 is 5.48 Å². The van der Waals surface area contributed by atoms with Crippen molar-refractivity contribution >= 4 is 5.91 Å². The highest BCUT2D eigenvalue weighted by Gasteiger charge is 2.08. The van der Waals surface area contributed by atoms with E-state index in [1.165, 1.54) is 0 Å². The third-order valence-corrected chi connectivity index (χ3v) is 1.38. The number of hydrogen-bond acceptors (Lipinski definition) is 2. The molecule has 1 N–H and O–H groups in total. The second-order valence-electron chi connectivity index (χ2n) is 2.21. The molecule has 0 aromatic rings. The maximum absolute atomic E-state index is 10.9. The van der Waals surface area contributed by atoms with Gasteiger partial charge in [0.2, 0.25) is 5.91 Å². The first-order valence-electron chi connectivity index (χ1n) is 3.64. The Morgan fingerprint density at radius 3 is 2.60 bits per heavy atom. The number of hydroxylamine groups is 1. The maximum atomic E-state index is 10.9. The summed E-state index contributed by atoms with van der Waals surface area (Å²) < 4.78 is 0. The normalized spacial score (nSPS) is 12.7. The Kier molecular flexibility index (Phi) is 4.94. The molecule has 0 saturated heterocycles. The molecule has 10 heavy (non-hydrogen) atoms. The molecule has 0 unspecified atom stereocenters. The largest absolute Gasteiger partial charge is 0.274 e. The summed E-state index contributed by atoms with van der Waals surface area (Å²) in [5.41, 5.74) is 2.34. The van der Waals surface area contributed by atoms with Crippen molar-refractivity contribution < 1.29 is 9.63 Å². The van der Waals surface area contributed by atoms with E-state index in [9.17, 15) is 4.79 Å². The van der Waals surface area contributed by atoms with Gasteiger partial charge in [-0.2, -0.15) is 0 Å². The number of hydrogen-bond donors (Lipinski definition) is 1. The first-order valence-corrected chi connectivity index (χ1v) is 3.64. The Bertz CT molecular complexity index is 104. The van der Waals surface area contributed by atoms with Crippen molar-refractivity contribution in [2.45, 2.75) is 27.2 Å². The summed E-state index contributed by atoms with van der Waals surface area (Å²) in [5.74, 6) is 0.0101. The third kappa shape index (κ3) is 3.45. The highest BCUT2D eigenvalue weighted by Crippen LogP contribution is 1.98. The monoisotopic (exact) mass is 145 g/mol. The predicted molar refractivity (Wildman–Crippen MR) is 39.2 cm³/mol. The zero-order valence-electron chi connectivity index (χ0n) is 6.81. The highest BCUT2D eigenvalue weighted by molar-refractivity contribution is 5.77. The molecule has 0 aromatic heterocycles. The first kappa shape index (κ1) is 9.43. The summed E-state index contributed by atoms with van der Waals surface area (Å²) in [6.45, 7) is 6.18. The standard InChI is InChI=1S/C7H15NO2/c1-4-6(3)7(9)8-10-5-2/h6H,4-5H2,1-3H3,(H,8,9)/t6-/m0/s1. The summed E-state index contributed by atoms with van der Waals surface area (Å²) in [4.78, 5) is 15.6. The maximum Gasteiger partial charge on any atom is 0.246 e. The van der Waals surface area contributed by atoms with E-state index in [2.05, 4.69) is 5.48 Å². The van der Waals surface area contributed by atoms with Crippen LogP contribution in [-0.2, 0) is 9.63 Å². The summed E-state index contributed by atoms with van der Waals surface area (Å²) in [6, 6.07) is 0. The number of nitrogens with one attached hydrogen (secondary N) is 1. The van der Waals surface area contributed by atoms with E-state index in [0.717, 1.165) is 6.42 Å². The minimum atomic E-state index is -0.0376. The van der Waals surface area contributed by atoms with Gasteiger partial charge in [0.15, 0.2) is 0 Å². The van der Waals surface area contributed by atoms with E-state index in [1.807, 2.05) is 20.8 Å². The van der Waals surface area contributed by atoms with Crippen molar-refractivity contribution in [3.8, 4) is 0 Å². The van der Waals surface area contributed by atoms with E-state index in [1.54, 1.807) is 0 Å². The summed E-state index contributed by atoms with van der Waals surface area (Å²) >= 11 is 0. The summed E-state index contributed by atoms with van der Waals surface area (Å²) in [6.07, 6.45) is 0.846. The summed E-state index contributed by atoms with van der Waals surface area (Å²) in [7, 11) is 0. The first-order chi connectivity index (χ1) is 4.72. The average molecular weight is 145 g/mol. The van der Waals surface area contributed by atoms with Crippen LogP contribution in [0.4, 0.5) is 0 Å². The van der Waals surface area contributed by atoms with Crippen molar-refractivity contribution in [1.82, 2.24) is 5.48 Å². The average Bonchev–Trinajstić information content (AvgIpc) is 1.98. The quantitative estimate of drug-likeness (QED) is 0.601. The topological polar surface area (TPSA) is 38.3 Å². The van der Waals surface area contributed by atoms with Crippen LogP contribution in [0.5, 0.6) is 0 Å². The molecular weight excluding hydrogens is 130 g/mol. The van der Waals surface area contributed by atoms with Gasteiger partial charge in [0.25, 0.3) is 0 Å². The second kappa shape index (κ2) is 5.23. The van der Waals surface area contributed by atoms with E-state index in [-0.39, 0.29) is 11.8 Å². The molecule has 0 bridgehead atoms. The van der Waals surface area contributed by atoms with Crippen LogP contribution in [0, 0.1) is 5.92 Å². The number of carbonyl (C=O) groups excluding carboxylic acids is 1. The highest BCUT2D eigenvalue weighted by atomic mass is 16.6. The number of carbonyl (C=O) groups is 1. The lowest BCUT2D eigenvalue weighted by atomic mass is 10.1. The van der Waals surface area contributed by atoms with E-state index in [4.69, 9.17) is 4.84 Å². The predicted octanol–water partition coefficient (Wildman–Crippen LogP) is 1.10. The van der Waals surface area contributed by atoms with Crippen LogP contribution in [0.3, 0.4) is 0 Å². The van der Waals surface area contributed by atoms with E-state index < -0.39 is 0 Å². The Morgan fingerprint density at radius 1 is 1.60 bits per heavy atom. The van der Waals surface area contributed by atoms with Gasteiger partial charge in [-0.3, -0.25) is 9.63 Å². The minimum absolute atomic E-state index is 0.0376. The molecule has 0 fully saturated rings. The van der Waals surface area contributed by atoms with Gasteiger partial charge in [-0.15, -0.1) is 0 Å².